The monoisotopic (exact) mass is 341 g/mol. The van der Waals surface area contributed by atoms with Crippen LogP contribution in [-0.4, -0.2) is 24.0 Å². The van der Waals surface area contributed by atoms with E-state index < -0.39 is 0 Å². The highest BCUT2D eigenvalue weighted by molar-refractivity contribution is 9.10. The SMILES string of the molecule is CCCNC(=O)CCNc1nc2cc(Br)ccc2s1. The van der Waals surface area contributed by atoms with Gasteiger partial charge in [0.15, 0.2) is 5.13 Å². The number of amides is 1. The van der Waals surface area contributed by atoms with Crippen molar-refractivity contribution in [3.05, 3.63) is 22.7 Å². The second-order valence-electron chi connectivity index (χ2n) is 4.16. The molecule has 1 heterocycles. The molecule has 0 saturated heterocycles. The summed E-state index contributed by atoms with van der Waals surface area (Å²) in [5.74, 6) is 0.0817. The molecule has 0 saturated carbocycles. The second kappa shape index (κ2) is 6.86. The van der Waals surface area contributed by atoms with E-state index in [1.807, 2.05) is 25.1 Å². The first kappa shape index (κ1) is 14.3. The molecule has 4 nitrogen and oxygen atoms in total. The highest BCUT2D eigenvalue weighted by Crippen LogP contribution is 2.27. The lowest BCUT2D eigenvalue weighted by Crippen LogP contribution is -2.25. The third-order valence-corrected chi connectivity index (χ3v) is 4.04. The quantitative estimate of drug-likeness (QED) is 0.846. The number of benzene rings is 1. The molecule has 0 fully saturated rings. The van der Waals surface area contributed by atoms with Crippen molar-refractivity contribution >= 4 is 48.5 Å². The third kappa shape index (κ3) is 4.18. The van der Waals surface area contributed by atoms with Gasteiger partial charge in [-0.1, -0.05) is 34.2 Å². The maximum atomic E-state index is 11.4. The summed E-state index contributed by atoms with van der Waals surface area (Å²) < 4.78 is 2.16. The Morgan fingerprint density at radius 2 is 2.26 bits per heavy atom. The minimum absolute atomic E-state index is 0.0817. The first-order chi connectivity index (χ1) is 9.19. The Morgan fingerprint density at radius 3 is 3.05 bits per heavy atom. The van der Waals surface area contributed by atoms with E-state index >= 15 is 0 Å². The number of hydrogen-bond donors (Lipinski definition) is 2. The molecule has 0 aliphatic heterocycles. The average molecular weight is 342 g/mol. The van der Waals surface area contributed by atoms with Gasteiger partial charge in [0.25, 0.3) is 0 Å². The van der Waals surface area contributed by atoms with Gasteiger partial charge < -0.3 is 10.6 Å². The molecule has 19 heavy (non-hydrogen) atoms. The Labute approximate surface area is 124 Å². The molecule has 0 unspecified atom stereocenters. The summed E-state index contributed by atoms with van der Waals surface area (Å²) in [6.07, 6.45) is 1.44. The van der Waals surface area contributed by atoms with Crippen molar-refractivity contribution in [2.24, 2.45) is 0 Å². The molecule has 6 heteroatoms. The summed E-state index contributed by atoms with van der Waals surface area (Å²) in [7, 11) is 0. The van der Waals surface area contributed by atoms with Crippen molar-refractivity contribution in [3.63, 3.8) is 0 Å². The molecule has 102 valence electrons. The van der Waals surface area contributed by atoms with Crippen LogP contribution < -0.4 is 10.6 Å². The number of rotatable bonds is 6. The first-order valence-electron chi connectivity index (χ1n) is 6.25. The lowest BCUT2D eigenvalue weighted by Gasteiger charge is -2.03. The van der Waals surface area contributed by atoms with Crippen LogP contribution in [0, 0.1) is 0 Å². The highest BCUT2D eigenvalue weighted by Gasteiger charge is 2.05. The fourth-order valence-electron chi connectivity index (χ4n) is 1.61. The number of hydrogen-bond acceptors (Lipinski definition) is 4. The largest absolute Gasteiger partial charge is 0.361 e. The predicted molar refractivity (Wildman–Crippen MR) is 83.7 cm³/mol. The molecular formula is C13H16BrN3OS. The highest BCUT2D eigenvalue weighted by atomic mass is 79.9. The number of nitrogens with zero attached hydrogens (tertiary/aromatic N) is 1. The Morgan fingerprint density at radius 1 is 1.42 bits per heavy atom. The summed E-state index contributed by atoms with van der Waals surface area (Å²) in [6.45, 7) is 3.39. The molecule has 0 radical (unpaired) electrons. The van der Waals surface area contributed by atoms with Crippen LogP contribution in [0.4, 0.5) is 5.13 Å². The molecule has 1 amide bonds. The van der Waals surface area contributed by atoms with Gasteiger partial charge in [0.05, 0.1) is 10.2 Å². The number of thiazole rings is 1. The molecule has 1 aromatic carbocycles. The van der Waals surface area contributed by atoms with Crippen molar-refractivity contribution < 1.29 is 4.79 Å². The van der Waals surface area contributed by atoms with E-state index in [2.05, 4.69) is 31.5 Å². The van der Waals surface area contributed by atoms with Gasteiger partial charge in [-0.3, -0.25) is 4.79 Å². The maximum absolute atomic E-state index is 11.4. The topological polar surface area (TPSA) is 54.0 Å². The zero-order chi connectivity index (χ0) is 13.7. The Balaban J connectivity index is 1.86. The van der Waals surface area contributed by atoms with E-state index in [0.717, 1.165) is 32.8 Å². The summed E-state index contributed by atoms with van der Waals surface area (Å²) in [5.41, 5.74) is 0.970. The summed E-state index contributed by atoms with van der Waals surface area (Å²) in [6, 6.07) is 6.03. The molecular weight excluding hydrogens is 326 g/mol. The van der Waals surface area contributed by atoms with Crippen LogP contribution in [0.3, 0.4) is 0 Å². The van der Waals surface area contributed by atoms with E-state index in [1.165, 1.54) is 0 Å². The van der Waals surface area contributed by atoms with Gasteiger partial charge in [-0.2, -0.15) is 0 Å². The molecule has 2 aromatic rings. The summed E-state index contributed by atoms with van der Waals surface area (Å²) >= 11 is 5.03. The third-order valence-electron chi connectivity index (χ3n) is 2.55. The van der Waals surface area contributed by atoms with Crippen molar-refractivity contribution in [2.45, 2.75) is 19.8 Å². The standard InChI is InChI=1S/C13H16BrN3OS/c1-2-6-15-12(18)5-7-16-13-17-10-8-9(14)3-4-11(10)19-13/h3-4,8H,2,5-7H2,1H3,(H,15,18)(H,16,17). The number of aromatic nitrogens is 1. The zero-order valence-corrected chi connectivity index (χ0v) is 13.1. The molecule has 0 aliphatic carbocycles. The zero-order valence-electron chi connectivity index (χ0n) is 10.7. The van der Waals surface area contributed by atoms with Gasteiger partial charge in [-0.15, -0.1) is 0 Å². The van der Waals surface area contributed by atoms with Crippen LogP contribution in [0.5, 0.6) is 0 Å². The number of halogens is 1. The van der Waals surface area contributed by atoms with Crippen molar-refractivity contribution in [3.8, 4) is 0 Å². The number of carbonyl (C=O) groups excluding carboxylic acids is 1. The van der Waals surface area contributed by atoms with Crippen molar-refractivity contribution in [1.82, 2.24) is 10.3 Å². The molecule has 0 spiro atoms. The Hall–Kier alpha value is -1.14. The second-order valence-corrected chi connectivity index (χ2v) is 6.10. The number of nitrogens with one attached hydrogen (secondary N) is 2. The molecule has 0 bridgehead atoms. The lowest BCUT2D eigenvalue weighted by molar-refractivity contribution is -0.120. The van der Waals surface area contributed by atoms with Crippen LogP contribution in [0.25, 0.3) is 10.2 Å². The number of fused-ring (bicyclic) bond motifs is 1. The van der Waals surface area contributed by atoms with E-state index in [4.69, 9.17) is 0 Å². The first-order valence-corrected chi connectivity index (χ1v) is 7.86. The van der Waals surface area contributed by atoms with Crippen LogP contribution in [0.2, 0.25) is 0 Å². The van der Waals surface area contributed by atoms with Crippen molar-refractivity contribution in [2.75, 3.05) is 18.4 Å². The van der Waals surface area contributed by atoms with Gasteiger partial charge in [0.1, 0.15) is 0 Å². The molecule has 0 aliphatic rings. The van der Waals surface area contributed by atoms with Crippen LogP contribution in [0.1, 0.15) is 19.8 Å². The maximum Gasteiger partial charge on any atom is 0.221 e. The minimum atomic E-state index is 0.0817. The van der Waals surface area contributed by atoms with Gasteiger partial charge in [0, 0.05) is 24.0 Å². The Kier molecular flexibility index (Phi) is 5.15. The van der Waals surface area contributed by atoms with Gasteiger partial charge >= 0.3 is 0 Å². The fraction of sp³-hybridized carbons (Fsp3) is 0.385. The minimum Gasteiger partial charge on any atom is -0.361 e. The molecule has 2 N–H and O–H groups in total. The van der Waals surface area contributed by atoms with Gasteiger partial charge in [0.2, 0.25) is 5.91 Å². The molecule has 1 aromatic heterocycles. The van der Waals surface area contributed by atoms with Crippen LogP contribution in [0.15, 0.2) is 22.7 Å². The number of anilines is 1. The summed E-state index contributed by atoms with van der Waals surface area (Å²) in [4.78, 5) is 15.9. The van der Waals surface area contributed by atoms with E-state index in [0.29, 0.717) is 13.0 Å². The number of carbonyl (C=O) groups is 1. The van der Waals surface area contributed by atoms with E-state index in [-0.39, 0.29) is 5.91 Å². The predicted octanol–water partition coefficient (Wildman–Crippen LogP) is 3.39. The van der Waals surface area contributed by atoms with Crippen LogP contribution in [-0.2, 0) is 4.79 Å². The van der Waals surface area contributed by atoms with E-state index in [1.54, 1.807) is 11.3 Å². The van der Waals surface area contributed by atoms with Gasteiger partial charge in [-0.25, -0.2) is 4.98 Å². The van der Waals surface area contributed by atoms with Crippen LogP contribution >= 0.6 is 27.3 Å². The molecule has 2 rings (SSSR count). The smallest absolute Gasteiger partial charge is 0.221 e. The fourth-order valence-corrected chi connectivity index (χ4v) is 2.83. The lowest BCUT2D eigenvalue weighted by atomic mass is 10.3. The van der Waals surface area contributed by atoms with E-state index in [9.17, 15) is 4.79 Å². The van der Waals surface area contributed by atoms with Gasteiger partial charge in [-0.05, 0) is 24.6 Å². The normalized spacial score (nSPS) is 10.6. The van der Waals surface area contributed by atoms with Crippen molar-refractivity contribution in [1.29, 1.82) is 0 Å². The Bertz CT molecular complexity index is 570. The molecule has 0 atom stereocenters. The average Bonchev–Trinajstić information content (AvgIpc) is 2.78. The summed E-state index contributed by atoms with van der Waals surface area (Å²) in [5, 5.41) is 6.90.